The average Bonchev–Trinajstić information content (AvgIpc) is 3.05. The molecule has 0 aliphatic rings. The Labute approximate surface area is 136 Å². The van der Waals surface area contributed by atoms with Crippen LogP contribution in [0.5, 0.6) is 0 Å². The lowest BCUT2D eigenvalue weighted by molar-refractivity contribution is -0.129. The summed E-state index contributed by atoms with van der Waals surface area (Å²) in [5.74, 6) is 0. The molecule has 21 heavy (non-hydrogen) atoms. The molecule has 0 saturated carbocycles. The Kier molecular flexibility index (Phi) is 6.19. The van der Waals surface area contributed by atoms with Crippen LogP contribution < -0.4 is 5.32 Å². The van der Waals surface area contributed by atoms with Crippen LogP contribution in [-0.2, 0) is 17.9 Å². The third-order valence-corrected chi connectivity index (χ3v) is 4.60. The van der Waals surface area contributed by atoms with Gasteiger partial charge in [-0.3, -0.25) is 4.68 Å². The minimum absolute atomic E-state index is 0.430. The summed E-state index contributed by atoms with van der Waals surface area (Å²) in [5, 5.41) is 21.1. The minimum Gasteiger partial charge on any atom is -0.390 e. The number of anilines is 1. The zero-order chi connectivity index (χ0) is 15.2. The van der Waals surface area contributed by atoms with E-state index in [9.17, 15) is 5.11 Å². The Morgan fingerprint density at radius 1 is 1.62 bits per heavy atom. The Balaban J connectivity index is 1.80. The number of nitrogens with zero attached hydrogens (tertiary/aromatic N) is 3. The third-order valence-electron chi connectivity index (χ3n) is 2.90. The highest BCUT2D eigenvalue weighted by atomic mass is 79.9. The van der Waals surface area contributed by atoms with Crippen LogP contribution >= 0.6 is 27.3 Å². The van der Waals surface area contributed by atoms with Crippen molar-refractivity contribution in [2.45, 2.75) is 19.2 Å². The molecule has 0 aliphatic heterocycles. The van der Waals surface area contributed by atoms with Gasteiger partial charge in [0.15, 0.2) is 0 Å². The first kappa shape index (κ1) is 16.4. The Morgan fingerprint density at radius 3 is 3.10 bits per heavy atom. The number of aliphatic hydroxyl groups excluding tert-OH is 1. The number of rotatable bonds is 8. The van der Waals surface area contributed by atoms with Crippen molar-refractivity contribution in [1.29, 1.82) is 0 Å². The SMILES string of the molecule is CON(C)CC(O)Cn1cc(NCc2cc(Br)cs2)cn1. The molecule has 8 heteroatoms. The van der Waals surface area contributed by atoms with Crippen molar-refractivity contribution in [2.75, 3.05) is 26.0 Å². The van der Waals surface area contributed by atoms with Crippen LogP contribution in [0, 0.1) is 0 Å². The lowest BCUT2D eigenvalue weighted by Crippen LogP contribution is -2.31. The largest absolute Gasteiger partial charge is 0.390 e. The van der Waals surface area contributed by atoms with Gasteiger partial charge in [0.05, 0.1) is 38.2 Å². The number of thiophene rings is 1. The van der Waals surface area contributed by atoms with Crippen molar-refractivity contribution in [3.8, 4) is 0 Å². The van der Waals surface area contributed by atoms with Crippen molar-refractivity contribution >= 4 is 33.0 Å². The molecule has 0 radical (unpaired) electrons. The van der Waals surface area contributed by atoms with Crippen molar-refractivity contribution in [2.24, 2.45) is 0 Å². The van der Waals surface area contributed by atoms with E-state index in [1.807, 2.05) is 6.20 Å². The molecule has 1 unspecified atom stereocenters. The molecule has 0 amide bonds. The molecule has 1 atom stereocenters. The van der Waals surface area contributed by atoms with Gasteiger partial charge in [0.2, 0.25) is 0 Å². The van der Waals surface area contributed by atoms with Crippen molar-refractivity contribution < 1.29 is 9.94 Å². The molecule has 0 bridgehead atoms. The summed E-state index contributed by atoms with van der Waals surface area (Å²) in [5.41, 5.74) is 0.937. The van der Waals surface area contributed by atoms with E-state index in [4.69, 9.17) is 4.84 Å². The van der Waals surface area contributed by atoms with Gasteiger partial charge in [-0.15, -0.1) is 11.3 Å². The quantitative estimate of drug-likeness (QED) is 0.693. The smallest absolute Gasteiger partial charge is 0.0885 e. The van der Waals surface area contributed by atoms with Gasteiger partial charge >= 0.3 is 0 Å². The molecule has 2 N–H and O–H groups in total. The molecule has 0 saturated heterocycles. The monoisotopic (exact) mass is 374 g/mol. The normalized spacial score (nSPS) is 12.8. The second kappa shape index (κ2) is 7.90. The van der Waals surface area contributed by atoms with Crippen LogP contribution in [0.3, 0.4) is 0 Å². The first-order chi connectivity index (χ1) is 10.1. The van der Waals surface area contributed by atoms with Crippen LogP contribution in [0.2, 0.25) is 0 Å². The lowest BCUT2D eigenvalue weighted by Gasteiger charge is -2.17. The zero-order valence-corrected chi connectivity index (χ0v) is 14.4. The molecule has 0 fully saturated rings. The first-order valence-electron chi connectivity index (χ1n) is 6.49. The second-order valence-electron chi connectivity index (χ2n) is 4.68. The van der Waals surface area contributed by atoms with Crippen LogP contribution in [-0.4, -0.2) is 46.8 Å². The molecule has 0 aliphatic carbocycles. The van der Waals surface area contributed by atoms with Gasteiger partial charge < -0.3 is 15.3 Å². The van der Waals surface area contributed by atoms with Crippen LogP contribution in [0.15, 0.2) is 28.3 Å². The van der Waals surface area contributed by atoms with Gasteiger partial charge in [-0.2, -0.15) is 10.2 Å². The lowest BCUT2D eigenvalue weighted by atomic mass is 10.3. The molecule has 0 spiro atoms. The average molecular weight is 375 g/mol. The number of hydroxylamine groups is 2. The Morgan fingerprint density at radius 2 is 2.43 bits per heavy atom. The van der Waals surface area contributed by atoms with Crippen LogP contribution in [0.25, 0.3) is 0 Å². The second-order valence-corrected chi connectivity index (χ2v) is 6.59. The van der Waals surface area contributed by atoms with Crippen molar-refractivity contribution in [3.05, 3.63) is 33.2 Å². The fourth-order valence-electron chi connectivity index (χ4n) is 1.84. The molecule has 0 aromatic carbocycles. The Hall–Kier alpha value is -0.930. The number of likely N-dealkylation sites (N-methyl/N-ethyl adjacent to an activating group) is 1. The number of aromatic nitrogens is 2. The topological polar surface area (TPSA) is 62.6 Å². The first-order valence-corrected chi connectivity index (χ1v) is 8.16. The van der Waals surface area contributed by atoms with E-state index >= 15 is 0 Å². The number of nitrogens with one attached hydrogen (secondary N) is 1. The van der Waals surface area contributed by atoms with Gasteiger partial charge in [-0.1, -0.05) is 0 Å². The summed E-state index contributed by atoms with van der Waals surface area (Å²) >= 11 is 5.14. The number of hydrogen-bond acceptors (Lipinski definition) is 6. The van der Waals surface area contributed by atoms with E-state index in [1.54, 1.807) is 41.4 Å². The van der Waals surface area contributed by atoms with Gasteiger partial charge in [0.25, 0.3) is 0 Å². The van der Waals surface area contributed by atoms with Crippen LogP contribution in [0.1, 0.15) is 4.88 Å². The van der Waals surface area contributed by atoms with Crippen molar-refractivity contribution in [3.63, 3.8) is 0 Å². The molecule has 2 rings (SSSR count). The van der Waals surface area contributed by atoms with E-state index in [-0.39, 0.29) is 0 Å². The summed E-state index contributed by atoms with van der Waals surface area (Å²) in [7, 11) is 3.35. The molecule has 116 valence electrons. The molecule has 2 aromatic rings. The zero-order valence-electron chi connectivity index (χ0n) is 12.0. The van der Waals surface area contributed by atoms with Crippen LogP contribution in [0.4, 0.5) is 5.69 Å². The maximum atomic E-state index is 9.92. The predicted octanol–water partition coefficient (Wildman–Crippen LogP) is 2.17. The van der Waals surface area contributed by atoms with E-state index in [2.05, 4.69) is 37.8 Å². The summed E-state index contributed by atoms with van der Waals surface area (Å²) in [6, 6.07) is 2.09. The number of halogens is 1. The maximum absolute atomic E-state index is 9.92. The van der Waals surface area contributed by atoms with Crippen molar-refractivity contribution in [1.82, 2.24) is 14.8 Å². The summed E-state index contributed by atoms with van der Waals surface area (Å²) in [4.78, 5) is 6.23. The van der Waals surface area contributed by atoms with Gasteiger partial charge in [0.1, 0.15) is 0 Å². The molecule has 2 aromatic heterocycles. The fraction of sp³-hybridized carbons (Fsp3) is 0.462. The standard InChI is InChI=1S/C13H19BrN4O2S/c1-17(20-2)7-12(19)8-18-6-11(4-16-18)15-5-13-3-10(14)9-21-13/h3-4,6,9,12,15,19H,5,7-8H2,1-2H3. The number of hydrogen-bond donors (Lipinski definition) is 2. The third kappa shape index (κ3) is 5.40. The fourth-order valence-corrected chi connectivity index (χ4v) is 3.23. The van der Waals surface area contributed by atoms with E-state index in [0.717, 1.165) is 16.7 Å². The van der Waals surface area contributed by atoms with E-state index in [1.165, 1.54) is 4.88 Å². The molecule has 2 heterocycles. The summed E-state index contributed by atoms with van der Waals surface area (Å²) < 4.78 is 2.83. The number of aliphatic hydroxyl groups is 1. The van der Waals surface area contributed by atoms with E-state index < -0.39 is 6.10 Å². The molecular weight excluding hydrogens is 356 g/mol. The minimum atomic E-state index is -0.532. The molecular formula is C13H19BrN4O2S. The van der Waals surface area contributed by atoms with Gasteiger partial charge in [0, 0.05) is 34.5 Å². The van der Waals surface area contributed by atoms with Gasteiger partial charge in [-0.05, 0) is 22.0 Å². The van der Waals surface area contributed by atoms with Gasteiger partial charge in [-0.25, -0.2) is 0 Å². The Bertz CT molecular complexity index is 560. The highest BCUT2D eigenvalue weighted by Gasteiger charge is 2.09. The summed E-state index contributed by atoms with van der Waals surface area (Å²) in [6.07, 6.45) is 3.12. The highest BCUT2D eigenvalue weighted by Crippen LogP contribution is 2.20. The predicted molar refractivity (Wildman–Crippen MR) is 87.2 cm³/mol. The highest BCUT2D eigenvalue weighted by molar-refractivity contribution is 9.10. The summed E-state index contributed by atoms with van der Waals surface area (Å²) in [6.45, 7) is 1.62. The maximum Gasteiger partial charge on any atom is 0.0885 e. The molecule has 6 nitrogen and oxygen atoms in total. The van der Waals surface area contributed by atoms with E-state index in [0.29, 0.717) is 13.1 Å².